The maximum absolute atomic E-state index is 11.2. The summed E-state index contributed by atoms with van der Waals surface area (Å²) in [5.74, 6) is 1.05. The first-order valence-corrected chi connectivity index (χ1v) is 12.1. The van der Waals surface area contributed by atoms with Crippen LogP contribution in [-0.4, -0.2) is 31.7 Å². The van der Waals surface area contributed by atoms with Crippen LogP contribution < -0.4 is 4.74 Å². The lowest BCUT2D eigenvalue weighted by molar-refractivity contribution is 0.152. The molecule has 0 aliphatic heterocycles. The fourth-order valence-electron chi connectivity index (χ4n) is 4.63. The molecule has 0 fully saturated rings. The highest BCUT2D eigenvalue weighted by Gasteiger charge is 2.21. The fraction of sp³-hybridized carbons (Fsp3) is 0.393. The molecule has 1 N–H and O–H groups in total. The van der Waals surface area contributed by atoms with E-state index in [4.69, 9.17) is 9.72 Å². The van der Waals surface area contributed by atoms with Gasteiger partial charge in [-0.25, -0.2) is 4.98 Å². The van der Waals surface area contributed by atoms with E-state index in [1.54, 1.807) is 7.11 Å². The summed E-state index contributed by atoms with van der Waals surface area (Å²) < 4.78 is 7.28. The van der Waals surface area contributed by atoms with Gasteiger partial charge in [-0.15, -0.1) is 0 Å². The first-order valence-electron chi connectivity index (χ1n) is 12.1. The Morgan fingerprint density at radius 1 is 1.06 bits per heavy atom. The summed E-state index contributed by atoms with van der Waals surface area (Å²) in [7, 11) is 1.56. The minimum atomic E-state index is -0.587. The Kier molecular flexibility index (Phi) is 6.98. The van der Waals surface area contributed by atoms with Crippen LogP contribution in [0.2, 0.25) is 0 Å². The van der Waals surface area contributed by atoms with E-state index in [0.29, 0.717) is 24.2 Å². The Labute approximate surface area is 201 Å². The van der Waals surface area contributed by atoms with Crippen molar-refractivity contribution in [3.63, 3.8) is 0 Å². The molecule has 1 atom stereocenters. The third-order valence-corrected chi connectivity index (χ3v) is 6.28. The number of rotatable bonds is 8. The molecular formula is C28H34N4O2. The van der Waals surface area contributed by atoms with E-state index in [-0.39, 0.29) is 0 Å². The van der Waals surface area contributed by atoms with Crippen LogP contribution in [0.25, 0.3) is 28.0 Å². The van der Waals surface area contributed by atoms with Gasteiger partial charge in [0, 0.05) is 34.5 Å². The van der Waals surface area contributed by atoms with Crippen molar-refractivity contribution in [1.82, 2.24) is 19.5 Å². The number of fused-ring (bicyclic) bond motifs is 1. The van der Waals surface area contributed by atoms with Gasteiger partial charge in [0.2, 0.25) is 0 Å². The van der Waals surface area contributed by atoms with Crippen LogP contribution >= 0.6 is 0 Å². The molecule has 3 aromatic heterocycles. The second-order valence-electron chi connectivity index (χ2n) is 9.20. The average molecular weight is 459 g/mol. The molecule has 3 heterocycles. The van der Waals surface area contributed by atoms with Gasteiger partial charge in [0.1, 0.15) is 5.82 Å². The summed E-state index contributed by atoms with van der Waals surface area (Å²) in [4.78, 5) is 13.8. The van der Waals surface area contributed by atoms with Crippen molar-refractivity contribution in [3.8, 4) is 23.1 Å². The largest absolute Gasteiger partial charge is 0.467 e. The zero-order valence-corrected chi connectivity index (χ0v) is 21.0. The monoisotopic (exact) mass is 458 g/mol. The quantitative estimate of drug-likeness (QED) is 0.350. The molecule has 1 unspecified atom stereocenters. The zero-order valence-electron chi connectivity index (χ0n) is 21.0. The number of benzene rings is 1. The van der Waals surface area contributed by atoms with E-state index in [1.165, 1.54) is 16.7 Å². The summed E-state index contributed by atoms with van der Waals surface area (Å²) in [5.41, 5.74) is 7.29. The van der Waals surface area contributed by atoms with Gasteiger partial charge in [0.05, 0.1) is 30.6 Å². The van der Waals surface area contributed by atoms with E-state index in [1.807, 2.05) is 30.0 Å². The van der Waals surface area contributed by atoms with Crippen molar-refractivity contribution in [2.75, 3.05) is 7.11 Å². The lowest BCUT2D eigenvalue weighted by atomic mass is 9.93. The Balaban J connectivity index is 1.97. The molecule has 0 bridgehead atoms. The number of aryl methyl sites for hydroxylation is 3. The lowest BCUT2D eigenvalue weighted by Crippen LogP contribution is -2.03. The first-order chi connectivity index (χ1) is 16.4. The summed E-state index contributed by atoms with van der Waals surface area (Å²) in [6.45, 7) is 10.5. The Morgan fingerprint density at radius 2 is 1.76 bits per heavy atom. The minimum absolute atomic E-state index is 0.315. The van der Waals surface area contributed by atoms with Crippen molar-refractivity contribution < 1.29 is 9.84 Å². The molecule has 4 aromatic rings. The normalized spacial score (nSPS) is 12.5. The summed E-state index contributed by atoms with van der Waals surface area (Å²) in [6, 6.07) is 10.8. The highest BCUT2D eigenvalue weighted by Crippen LogP contribution is 2.35. The number of hydrogen-bond acceptors (Lipinski definition) is 5. The number of aliphatic hydroxyl groups is 1. The lowest BCUT2D eigenvalue weighted by Gasteiger charge is -2.14. The molecule has 0 radical (unpaired) electrons. The first kappa shape index (κ1) is 23.9. The van der Waals surface area contributed by atoms with Crippen LogP contribution in [-0.2, 0) is 12.8 Å². The number of nitrogens with zero attached hydrogens (tertiary/aromatic N) is 4. The maximum atomic E-state index is 11.2. The Hall–Kier alpha value is -3.25. The molecule has 0 saturated carbocycles. The SMILES string of the molecule is CCc1cccc(CC)c1-c1cc2c(C(O)CC(C)C)cn(-c3cc(C)nc(OC)n3)c2cn1. The number of methoxy groups -OCH3 is 1. The van der Waals surface area contributed by atoms with E-state index in [2.05, 4.69) is 61.9 Å². The smallest absolute Gasteiger partial charge is 0.318 e. The van der Waals surface area contributed by atoms with Crippen molar-refractivity contribution >= 4 is 10.9 Å². The van der Waals surface area contributed by atoms with Crippen LogP contribution in [0.5, 0.6) is 6.01 Å². The van der Waals surface area contributed by atoms with Gasteiger partial charge in [-0.3, -0.25) is 9.55 Å². The van der Waals surface area contributed by atoms with Gasteiger partial charge in [0.25, 0.3) is 0 Å². The summed E-state index contributed by atoms with van der Waals surface area (Å²) in [5, 5.41) is 12.2. The third kappa shape index (κ3) is 4.55. The van der Waals surface area contributed by atoms with Gasteiger partial charge in [0.15, 0.2) is 0 Å². The van der Waals surface area contributed by atoms with Crippen LogP contribution in [0.3, 0.4) is 0 Å². The minimum Gasteiger partial charge on any atom is -0.467 e. The van der Waals surface area contributed by atoms with Crippen molar-refractivity contribution in [2.24, 2.45) is 5.92 Å². The Bertz CT molecular complexity index is 1290. The topological polar surface area (TPSA) is 73.1 Å². The van der Waals surface area contributed by atoms with Crippen LogP contribution in [0, 0.1) is 12.8 Å². The Morgan fingerprint density at radius 3 is 2.38 bits per heavy atom. The summed E-state index contributed by atoms with van der Waals surface area (Å²) in [6.07, 6.45) is 5.84. The molecule has 6 heteroatoms. The number of pyridine rings is 1. The molecular weight excluding hydrogens is 424 g/mol. The molecule has 0 amide bonds. The van der Waals surface area contributed by atoms with Gasteiger partial charge in [-0.2, -0.15) is 4.98 Å². The van der Waals surface area contributed by atoms with Gasteiger partial charge >= 0.3 is 6.01 Å². The molecule has 4 rings (SSSR count). The molecule has 0 aliphatic carbocycles. The fourth-order valence-corrected chi connectivity index (χ4v) is 4.63. The second kappa shape index (κ2) is 9.94. The molecule has 0 spiro atoms. The van der Waals surface area contributed by atoms with E-state index >= 15 is 0 Å². The predicted octanol–water partition coefficient (Wildman–Crippen LogP) is 6.00. The second-order valence-corrected chi connectivity index (χ2v) is 9.20. The van der Waals surface area contributed by atoms with Crippen LogP contribution in [0.1, 0.15) is 62.6 Å². The van der Waals surface area contributed by atoms with Gasteiger partial charge in [-0.1, -0.05) is 45.9 Å². The van der Waals surface area contributed by atoms with Crippen molar-refractivity contribution in [1.29, 1.82) is 0 Å². The third-order valence-electron chi connectivity index (χ3n) is 6.28. The van der Waals surface area contributed by atoms with E-state index in [0.717, 1.165) is 40.7 Å². The number of aliphatic hydroxyl groups excluding tert-OH is 1. The van der Waals surface area contributed by atoms with Crippen LogP contribution in [0.4, 0.5) is 0 Å². The molecule has 0 aliphatic rings. The molecule has 34 heavy (non-hydrogen) atoms. The standard InChI is InChI=1S/C28H34N4O2/c1-7-19-10-9-11-20(8-2)27(19)23-14-21-22(25(33)12-17(3)4)16-32(24(21)15-29-23)26-13-18(5)30-28(31-26)34-6/h9-11,13-17,25,33H,7-8,12H2,1-6H3. The van der Waals surface area contributed by atoms with E-state index in [9.17, 15) is 5.11 Å². The average Bonchev–Trinajstić information content (AvgIpc) is 3.21. The number of hydrogen-bond donors (Lipinski definition) is 1. The van der Waals surface area contributed by atoms with Crippen molar-refractivity contribution in [2.45, 2.75) is 60.0 Å². The number of ether oxygens (including phenoxy) is 1. The van der Waals surface area contributed by atoms with Crippen molar-refractivity contribution in [3.05, 3.63) is 65.1 Å². The maximum Gasteiger partial charge on any atom is 0.318 e. The van der Waals surface area contributed by atoms with Gasteiger partial charge in [-0.05, 0) is 49.3 Å². The summed E-state index contributed by atoms with van der Waals surface area (Å²) >= 11 is 0. The molecule has 178 valence electrons. The highest BCUT2D eigenvalue weighted by molar-refractivity contribution is 5.89. The zero-order chi connectivity index (χ0) is 24.4. The predicted molar refractivity (Wildman–Crippen MR) is 137 cm³/mol. The molecule has 0 saturated heterocycles. The van der Waals surface area contributed by atoms with E-state index < -0.39 is 6.10 Å². The number of aromatic nitrogens is 4. The molecule has 1 aromatic carbocycles. The van der Waals surface area contributed by atoms with Gasteiger partial charge < -0.3 is 9.84 Å². The van der Waals surface area contributed by atoms with Crippen LogP contribution in [0.15, 0.2) is 42.7 Å². The highest BCUT2D eigenvalue weighted by atomic mass is 16.5. The molecule has 6 nitrogen and oxygen atoms in total.